The summed E-state index contributed by atoms with van der Waals surface area (Å²) in [5.74, 6) is -0.567. The highest BCUT2D eigenvalue weighted by molar-refractivity contribution is 5.89. The Balaban J connectivity index is 1.52. The minimum atomic E-state index is -1.30. The highest BCUT2D eigenvalue weighted by Crippen LogP contribution is 2.28. The molecule has 34 heavy (non-hydrogen) atoms. The maximum absolute atomic E-state index is 12.3. The molecule has 8 nitrogen and oxygen atoms in total. The molecule has 3 aromatic rings. The van der Waals surface area contributed by atoms with Crippen LogP contribution in [0.15, 0.2) is 64.3 Å². The summed E-state index contributed by atoms with van der Waals surface area (Å²) in [6.45, 7) is 6.20. The first-order valence-electron chi connectivity index (χ1n) is 11.0. The molecule has 1 amide bonds. The smallest absolute Gasteiger partial charge is 0.371 e. The third-order valence-corrected chi connectivity index (χ3v) is 5.01. The molecule has 0 saturated heterocycles. The molecule has 1 aromatic heterocycles. The van der Waals surface area contributed by atoms with Gasteiger partial charge >= 0.3 is 5.97 Å². The number of allylic oxidation sites excluding steroid dienone is 1. The molecule has 0 aliphatic carbocycles. The summed E-state index contributed by atoms with van der Waals surface area (Å²) in [5, 5.41) is 12.2. The summed E-state index contributed by atoms with van der Waals surface area (Å²) in [6.07, 6.45) is 4.52. The molecule has 0 atom stereocenters. The molecule has 0 aliphatic heterocycles. The predicted molar refractivity (Wildman–Crippen MR) is 129 cm³/mol. The highest BCUT2D eigenvalue weighted by Gasteiger charge is 2.16. The molecule has 2 aromatic carbocycles. The lowest BCUT2D eigenvalue weighted by molar-refractivity contribution is -0.114. The zero-order valence-electron chi connectivity index (χ0n) is 19.0. The second-order valence-electron chi connectivity index (χ2n) is 7.65. The standard InChI is InChI=1S/C26H27NO7/c1-3-7-21-23(13-12-20-22(29)16-24(26(30)31)34-25(20)21)33-15-6-4-5-14-32-19-10-8-18(9-11-19)27-17(2)28/h3,8-13,16H,1,4-7,14-15H2,2H3,(H,27,28)(H,30,31). The van der Waals surface area contributed by atoms with Gasteiger partial charge in [-0.3, -0.25) is 9.59 Å². The normalized spacial score (nSPS) is 10.6. The van der Waals surface area contributed by atoms with Crippen molar-refractivity contribution in [3.8, 4) is 11.5 Å². The Morgan fingerprint density at radius 1 is 1.06 bits per heavy atom. The van der Waals surface area contributed by atoms with Crippen LogP contribution in [-0.2, 0) is 11.2 Å². The molecule has 0 saturated carbocycles. The van der Waals surface area contributed by atoms with Crippen LogP contribution in [0.1, 0.15) is 42.3 Å². The highest BCUT2D eigenvalue weighted by atomic mass is 16.5. The average molecular weight is 466 g/mol. The number of amides is 1. The molecular formula is C26H27NO7. The van der Waals surface area contributed by atoms with Gasteiger partial charge in [0.2, 0.25) is 11.7 Å². The summed E-state index contributed by atoms with van der Waals surface area (Å²) < 4.78 is 17.1. The molecule has 0 spiro atoms. The van der Waals surface area contributed by atoms with Crippen molar-refractivity contribution in [1.29, 1.82) is 0 Å². The van der Waals surface area contributed by atoms with Crippen LogP contribution in [0.25, 0.3) is 11.0 Å². The van der Waals surface area contributed by atoms with Gasteiger partial charge in [-0.1, -0.05) is 6.08 Å². The molecule has 0 bridgehead atoms. The Kier molecular flexibility index (Phi) is 8.45. The van der Waals surface area contributed by atoms with Crippen molar-refractivity contribution in [3.05, 3.63) is 76.7 Å². The van der Waals surface area contributed by atoms with E-state index >= 15 is 0 Å². The van der Waals surface area contributed by atoms with E-state index in [4.69, 9.17) is 13.9 Å². The van der Waals surface area contributed by atoms with Gasteiger partial charge in [0, 0.05) is 24.2 Å². The molecule has 8 heteroatoms. The molecular weight excluding hydrogens is 438 g/mol. The van der Waals surface area contributed by atoms with E-state index in [9.17, 15) is 19.5 Å². The number of nitrogens with one attached hydrogen (secondary N) is 1. The Bertz CT molecular complexity index is 1230. The SMILES string of the molecule is C=CCc1c(OCCCCCOc2ccc(NC(C)=O)cc2)ccc2c(=O)cc(C(=O)O)oc12. The summed E-state index contributed by atoms with van der Waals surface area (Å²) in [5.41, 5.74) is 1.11. The van der Waals surface area contributed by atoms with Crippen molar-refractivity contribution >= 4 is 28.5 Å². The van der Waals surface area contributed by atoms with Crippen LogP contribution in [0.5, 0.6) is 11.5 Å². The van der Waals surface area contributed by atoms with Gasteiger partial charge in [0.1, 0.15) is 17.1 Å². The summed E-state index contributed by atoms with van der Waals surface area (Å²) >= 11 is 0. The second-order valence-corrected chi connectivity index (χ2v) is 7.65. The summed E-state index contributed by atoms with van der Waals surface area (Å²) in [7, 11) is 0. The fourth-order valence-corrected chi connectivity index (χ4v) is 3.43. The van der Waals surface area contributed by atoms with Crippen LogP contribution in [-0.4, -0.2) is 30.2 Å². The fraction of sp³-hybridized carbons (Fsp3) is 0.269. The number of carbonyl (C=O) groups excluding carboxylic acids is 1. The molecule has 1 heterocycles. The van der Waals surface area contributed by atoms with E-state index in [0.29, 0.717) is 36.3 Å². The van der Waals surface area contributed by atoms with E-state index in [1.807, 2.05) is 12.1 Å². The van der Waals surface area contributed by atoms with Crippen molar-refractivity contribution in [2.75, 3.05) is 18.5 Å². The van der Waals surface area contributed by atoms with Crippen LogP contribution in [0.4, 0.5) is 5.69 Å². The number of unbranched alkanes of at least 4 members (excludes halogenated alkanes) is 2. The van der Waals surface area contributed by atoms with Gasteiger partial charge in [0.05, 0.1) is 18.6 Å². The number of hydrogen-bond donors (Lipinski definition) is 2. The number of ether oxygens (including phenoxy) is 2. The van der Waals surface area contributed by atoms with E-state index in [-0.39, 0.29) is 11.5 Å². The zero-order valence-corrected chi connectivity index (χ0v) is 19.0. The van der Waals surface area contributed by atoms with Gasteiger partial charge in [0.25, 0.3) is 0 Å². The first kappa shape index (κ1) is 24.6. The predicted octanol–water partition coefficient (Wildman–Crippen LogP) is 4.81. The number of carboxylic acids is 1. The average Bonchev–Trinajstić information content (AvgIpc) is 2.80. The first-order chi connectivity index (χ1) is 16.4. The monoisotopic (exact) mass is 465 g/mol. The van der Waals surface area contributed by atoms with Crippen LogP contribution >= 0.6 is 0 Å². The second kappa shape index (κ2) is 11.7. The maximum Gasteiger partial charge on any atom is 0.371 e. The number of carboxylic acid groups (broad SMARTS) is 1. The molecule has 3 rings (SSSR count). The van der Waals surface area contributed by atoms with Gasteiger partial charge in [0.15, 0.2) is 5.43 Å². The summed E-state index contributed by atoms with van der Waals surface area (Å²) in [4.78, 5) is 34.6. The first-order valence-corrected chi connectivity index (χ1v) is 11.0. The topological polar surface area (TPSA) is 115 Å². The Hall–Kier alpha value is -4.07. The van der Waals surface area contributed by atoms with E-state index in [2.05, 4.69) is 11.9 Å². The molecule has 0 fully saturated rings. The van der Waals surface area contributed by atoms with Crippen LogP contribution in [0.3, 0.4) is 0 Å². The Morgan fingerprint density at radius 2 is 1.76 bits per heavy atom. The Morgan fingerprint density at radius 3 is 2.41 bits per heavy atom. The molecule has 0 aliphatic rings. The number of fused-ring (bicyclic) bond motifs is 1. The van der Waals surface area contributed by atoms with Crippen molar-refractivity contribution in [1.82, 2.24) is 0 Å². The van der Waals surface area contributed by atoms with Crippen molar-refractivity contribution in [2.24, 2.45) is 0 Å². The number of rotatable bonds is 12. The quantitative estimate of drug-likeness (QED) is 0.291. The van der Waals surface area contributed by atoms with Crippen LogP contribution in [0.2, 0.25) is 0 Å². The van der Waals surface area contributed by atoms with E-state index in [0.717, 1.165) is 36.8 Å². The number of benzene rings is 2. The van der Waals surface area contributed by atoms with Crippen molar-refractivity contribution in [2.45, 2.75) is 32.6 Å². The minimum Gasteiger partial charge on any atom is -0.494 e. The number of hydrogen-bond acceptors (Lipinski definition) is 6. The fourth-order valence-electron chi connectivity index (χ4n) is 3.43. The van der Waals surface area contributed by atoms with Crippen LogP contribution < -0.4 is 20.2 Å². The number of carbonyl (C=O) groups is 2. The third kappa shape index (κ3) is 6.48. The Labute approximate surface area is 196 Å². The van der Waals surface area contributed by atoms with Crippen LogP contribution in [0, 0.1) is 0 Å². The largest absolute Gasteiger partial charge is 0.494 e. The van der Waals surface area contributed by atoms with Gasteiger partial charge in [-0.25, -0.2) is 4.79 Å². The van der Waals surface area contributed by atoms with Crippen molar-refractivity contribution in [3.63, 3.8) is 0 Å². The van der Waals surface area contributed by atoms with Gasteiger partial charge in [-0.2, -0.15) is 0 Å². The summed E-state index contributed by atoms with van der Waals surface area (Å²) in [6, 6.07) is 11.5. The lowest BCUT2D eigenvalue weighted by Crippen LogP contribution is -2.09. The van der Waals surface area contributed by atoms with Gasteiger partial charge in [-0.15, -0.1) is 6.58 Å². The van der Waals surface area contributed by atoms with E-state index in [1.54, 1.807) is 30.3 Å². The maximum atomic E-state index is 12.3. The van der Waals surface area contributed by atoms with E-state index < -0.39 is 17.2 Å². The molecule has 0 radical (unpaired) electrons. The third-order valence-electron chi connectivity index (χ3n) is 5.01. The molecule has 2 N–H and O–H groups in total. The van der Waals surface area contributed by atoms with Crippen molar-refractivity contribution < 1.29 is 28.6 Å². The van der Waals surface area contributed by atoms with Gasteiger partial charge in [-0.05, 0) is 62.1 Å². The number of anilines is 1. The molecule has 0 unspecified atom stereocenters. The number of aromatic carboxylic acids is 1. The minimum absolute atomic E-state index is 0.120. The molecule has 178 valence electrons. The lowest BCUT2D eigenvalue weighted by Gasteiger charge is -2.13. The zero-order chi connectivity index (χ0) is 24.5. The van der Waals surface area contributed by atoms with Gasteiger partial charge < -0.3 is 24.3 Å². The lowest BCUT2D eigenvalue weighted by atomic mass is 10.1. The van der Waals surface area contributed by atoms with E-state index in [1.165, 1.54) is 6.92 Å².